The fourth-order valence-electron chi connectivity index (χ4n) is 1.70. The Kier molecular flexibility index (Phi) is 3.40. The summed E-state index contributed by atoms with van der Waals surface area (Å²) in [5.41, 5.74) is 3.10. The summed E-state index contributed by atoms with van der Waals surface area (Å²) in [6.45, 7) is 2.01. The lowest BCUT2D eigenvalue weighted by Gasteiger charge is -2.11. The number of hydrogen-bond acceptors (Lipinski definition) is 2. The first kappa shape index (κ1) is 11.6. The van der Waals surface area contributed by atoms with Gasteiger partial charge in [-0.15, -0.1) is 0 Å². The van der Waals surface area contributed by atoms with Crippen molar-refractivity contribution < 1.29 is 4.74 Å². The van der Waals surface area contributed by atoms with E-state index in [2.05, 4.69) is 11.1 Å². The maximum Gasteiger partial charge on any atom is 0.247 e. The SMILES string of the molecule is CO[C@@H](C)c1cccc(-c2ccc(=O)[nH]c2)c1. The van der Waals surface area contributed by atoms with Gasteiger partial charge in [0, 0.05) is 19.4 Å². The van der Waals surface area contributed by atoms with Crippen LogP contribution in [0.5, 0.6) is 0 Å². The molecular weight excluding hydrogens is 214 g/mol. The number of hydrogen-bond donors (Lipinski definition) is 1. The molecule has 2 rings (SSSR count). The van der Waals surface area contributed by atoms with E-state index in [1.807, 2.05) is 31.2 Å². The summed E-state index contributed by atoms with van der Waals surface area (Å²) in [7, 11) is 1.69. The van der Waals surface area contributed by atoms with Crippen LogP contribution in [0, 0.1) is 0 Å². The highest BCUT2D eigenvalue weighted by atomic mass is 16.5. The smallest absolute Gasteiger partial charge is 0.247 e. The molecule has 0 saturated carbocycles. The molecule has 1 aromatic carbocycles. The highest BCUT2D eigenvalue weighted by molar-refractivity contribution is 5.63. The quantitative estimate of drug-likeness (QED) is 0.879. The van der Waals surface area contributed by atoms with Crippen molar-refractivity contribution in [2.24, 2.45) is 0 Å². The predicted molar refractivity (Wildman–Crippen MR) is 67.9 cm³/mol. The third-order valence-corrected chi connectivity index (χ3v) is 2.83. The average molecular weight is 229 g/mol. The van der Waals surface area contributed by atoms with Gasteiger partial charge in [0.2, 0.25) is 5.56 Å². The van der Waals surface area contributed by atoms with Crippen LogP contribution in [0.3, 0.4) is 0 Å². The first-order chi connectivity index (χ1) is 8.20. The average Bonchev–Trinajstić information content (AvgIpc) is 2.39. The van der Waals surface area contributed by atoms with Crippen LogP contribution in [-0.4, -0.2) is 12.1 Å². The summed E-state index contributed by atoms with van der Waals surface area (Å²) in [6.07, 6.45) is 1.79. The van der Waals surface area contributed by atoms with Gasteiger partial charge in [-0.3, -0.25) is 4.79 Å². The zero-order valence-electron chi connectivity index (χ0n) is 9.94. The van der Waals surface area contributed by atoms with Crippen molar-refractivity contribution in [1.29, 1.82) is 0 Å². The Morgan fingerprint density at radius 2 is 2.00 bits per heavy atom. The Balaban J connectivity index is 2.39. The first-order valence-corrected chi connectivity index (χ1v) is 5.52. The van der Waals surface area contributed by atoms with E-state index >= 15 is 0 Å². The summed E-state index contributed by atoms with van der Waals surface area (Å²) in [5.74, 6) is 0. The molecule has 0 aliphatic heterocycles. The lowest BCUT2D eigenvalue weighted by atomic mass is 10.0. The largest absolute Gasteiger partial charge is 0.377 e. The summed E-state index contributed by atoms with van der Waals surface area (Å²) < 4.78 is 5.29. The first-order valence-electron chi connectivity index (χ1n) is 5.52. The maximum atomic E-state index is 11.0. The number of aromatic amines is 1. The molecular formula is C14H15NO2. The molecule has 0 amide bonds. The van der Waals surface area contributed by atoms with Gasteiger partial charge in [0.15, 0.2) is 0 Å². The molecule has 0 bridgehead atoms. The lowest BCUT2D eigenvalue weighted by molar-refractivity contribution is 0.119. The number of aromatic nitrogens is 1. The Labute approximate surface area is 100 Å². The minimum atomic E-state index is -0.0878. The van der Waals surface area contributed by atoms with Crippen LogP contribution >= 0.6 is 0 Å². The predicted octanol–water partition coefficient (Wildman–Crippen LogP) is 2.75. The van der Waals surface area contributed by atoms with Gasteiger partial charge < -0.3 is 9.72 Å². The molecule has 0 unspecified atom stereocenters. The van der Waals surface area contributed by atoms with Gasteiger partial charge in [0.1, 0.15) is 0 Å². The topological polar surface area (TPSA) is 42.1 Å². The molecule has 0 aliphatic carbocycles. The third kappa shape index (κ3) is 2.63. The fraction of sp³-hybridized carbons (Fsp3) is 0.214. The molecule has 3 heteroatoms. The van der Waals surface area contributed by atoms with Gasteiger partial charge in [0.25, 0.3) is 0 Å². The standard InChI is InChI=1S/C14H15NO2/c1-10(17-2)11-4-3-5-12(8-11)13-6-7-14(16)15-9-13/h3-10H,1-2H3,(H,15,16)/t10-/m0/s1. The van der Waals surface area contributed by atoms with Crippen LogP contribution < -0.4 is 5.56 Å². The van der Waals surface area contributed by atoms with E-state index in [1.165, 1.54) is 6.07 Å². The molecule has 0 spiro atoms. The van der Waals surface area contributed by atoms with Gasteiger partial charge in [-0.1, -0.05) is 18.2 Å². The van der Waals surface area contributed by atoms with Crippen molar-refractivity contribution in [3.8, 4) is 11.1 Å². The molecule has 0 fully saturated rings. The zero-order chi connectivity index (χ0) is 12.3. The van der Waals surface area contributed by atoms with Crippen molar-refractivity contribution in [1.82, 2.24) is 4.98 Å². The maximum absolute atomic E-state index is 11.0. The van der Waals surface area contributed by atoms with Crippen LogP contribution in [0.2, 0.25) is 0 Å². The number of pyridine rings is 1. The number of methoxy groups -OCH3 is 1. The van der Waals surface area contributed by atoms with E-state index in [0.717, 1.165) is 16.7 Å². The second-order valence-corrected chi connectivity index (χ2v) is 3.94. The third-order valence-electron chi connectivity index (χ3n) is 2.83. The number of H-pyrrole nitrogens is 1. The highest BCUT2D eigenvalue weighted by Crippen LogP contribution is 2.23. The fourth-order valence-corrected chi connectivity index (χ4v) is 1.70. The second-order valence-electron chi connectivity index (χ2n) is 3.94. The second kappa shape index (κ2) is 4.97. The lowest BCUT2D eigenvalue weighted by Crippen LogP contribution is -2.01. The summed E-state index contributed by atoms with van der Waals surface area (Å²) >= 11 is 0. The normalized spacial score (nSPS) is 12.4. The Bertz CT molecular complexity index is 540. The van der Waals surface area contributed by atoms with Gasteiger partial charge in [-0.25, -0.2) is 0 Å². The molecule has 1 N–H and O–H groups in total. The Morgan fingerprint density at radius 3 is 2.65 bits per heavy atom. The van der Waals surface area contributed by atoms with E-state index in [0.29, 0.717) is 0 Å². The Morgan fingerprint density at radius 1 is 1.18 bits per heavy atom. The van der Waals surface area contributed by atoms with Crippen LogP contribution in [0.15, 0.2) is 47.4 Å². The monoisotopic (exact) mass is 229 g/mol. The number of rotatable bonds is 3. The van der Waals surface area contributed by atoms with Crippen molar-refractivity contribution in [2.45, 2.75) is 13.0 Å². The van der Waals surface area contributed by atoms with Crippen molar-refractivity contribution in [3.05, 3.63) is 58.5 Å². The van der Waals surface area contributed by atoms with E-state index in [1.54, 1.807) is 13.3 Å². The van der Waals surface area contributed by atoms with Crippen LogP contribution in [-0.2, 0) is 4.74 Å². The van der Waals surface area contributed by atoms with Crippen LogP contribution in [0.1, 0.15) is 18.6 Å². The van der Waals surface area contributed by atoms with E-state index in [4.69, 9.17) is 4.74 Å². The molecule has 17 heavy (non-hydrogen) atoms. The molecule has 3 nitrogen and oxygen atoms in total. The minimum Gasteiger partial charge on any atom is -0.377 e. The number of nitrogens with one attached hydrogen (secondary N) is 1. The highest BCUT2D eigenvalue weighted by Gasteiger charge is 2.05. The van der Waals surface area contributed by atoms with Gasteiger partial charge in [-0.2, -0.15) is 0 Å². The van der Waals surface area contributed by atoms with E-state index in [9.17, 15) is 4.79 Å². The molecule has 1 atom stereocenters. The van der Waals surface area contributed by atoms with Gasteiger partial charge >= 0.3 is 0 Å². The molecule has 0 saturated heterocycles. The Hall–Kier alpha value is -1.87. The molecule has 2 aromatic rings. The van der Waals surface area contributed by atoms with Crippen molar-refractivity contribution >= 4 is 0 Å². The summed E-state index contributed by atoms with van der Waals surface area (Å²) in [5, 5.41) is 0. The van der Waals surface area contributed by atoms with Gasteiger partial charge in [0.05, 0.1) is 6.10 Å². The zero-order valence-corrected chi connectivity index (χ0v) is 9.94. The summed E-state index contributed by atoms with van der Waals surface area (Å²) in [6, 6.07) is 11.5. The van der Waals surface area contributed by atoms with Crippen LogP contribution in [0.25, 0.3) is 11.1 Å². The van der Waals surface area contributed by atoms with Crippen molar-refractivity contribution in [3.63, 3.8) is 0 Å². The molecule has 1 aromatic heterocycles. The van der Waals surface area contributed by atoms with Crippen LogP contribution in [0.4, 0.5) is 0 Å². The number of ether oxygens (including phenoxy) is 1. The van der Waals surface area contributed by atoms with E-state index in [-0.39, 0.29) is 11.7 Å². The molecule has 1 heterocycles. The van der Waals surface area contributed by atoms with E-state index < -0.39 is 0 Å². The molecule has 0 aliphatic rings. The molecule has 0 radical (unpaired) electrons. The van der Waals surface area contributed by atoms with Crippen molar-refractivity contribution in [2.75, 3.05) is 7.11 Å². The minimum absolute atomic E-state index is 0.0673. The molecule has 88 valence electrons. The van der Waals surface area contributed by atoms with Gasteiger partial charge in [-0.05, 0) is 35.7 Å². The summed E-state index contributed by atoms with van der Waals surface area (Å²) in [4.78, 5) is 13.7. The number of benzene rings is 1.